The maximum atomic E-state index is 12.0. The first-order valence-corrected chi connectivity index (χ1v) is 6.75. The number of nitrogens with zero attached hydrogens (tertiary/aromatic N) is 1. The number of thiophene rings is 1. The van der Waals surface area contributed by atoms with Crippen LogP contribution in [0.4, 0.5) is 5.00 Å². The van der Waals surface area contributed by atoms with Crippen molar-refractivity contribution in [1.82, 2.24) is 5.16 Å². The molecule has 7 heteroatoms. The summed E-state index contributed by atoms with van der Waals surface area (Å²) in [6, 6.07) is 1.54. The number of carboxylic acid groups (broad SMARTS) is 1. The topological polar surface area (TPSA) is 92.4 Å². The molecule has 0 radical (unpaired) electrons. The Hall–Kier alpha value is -2.15. The third kappa shape index (κ3) is 2.88. The smallest absolute Gasteiger partial charge is 0.338 e. The Morgan fingerprint density at radius 3 is 2.65 bits per heavy atom. The van der Waals surface area contributed by atoms with Crippen molar-refractivity contribution in [2.24, 2.45) is 0 Å². The van der Waals surface area contributed by atoms with Gasteiger partial charge in [-0.3, -0.25) is 4.79 Å². The van der Waals surface area contributed by atoms with Gasteiger partial charge >= 0.3 is 5.97 Å². The van der Waals surface area contributed by atoms with Crippen molar-refractivity contribution in [3.8, 4) is 0 Å². The van der Waals surface area contributed by atoms with Gasteiger partial charge in [0.15, 0.2) is 0 Å². The maximum Gasteiger partial charge on any atom is 0.338 e. The Morgan fingerprint density at radius 2 is 2.10 bits per heavy atom. The molecule has 1 amide bonds. The minimum Gasteiger partial charge on any atom is -0.478 e. The van der Waals surface area contributed by atoms with Crippen LogP contribution in [0.15, 0.2) is 10.6 Å². The Kier molecular flexibility index (Phi) is 3.89. The Balaban J connectivity index is 2.15. The SMILES string of the molecule is Cc1cc(C(=O)O)c(NC(=O)Cc2c(C)noc2C)s1. The number of carboxylic acids is 1. The molecule has 0 unspecified atom stereocenters. The summed E-state index contributed by atoms with van der Waals surface area (Å²) < 4.78 is 4.99. The first kappa shape index (κ1) is 14.3. The summed E-state index contributed by atoms with van der Waals surface area (Å²) in [6.07, 6.45) is 0.108. The molecule has 2 aromatic rings. The molecule has 2 aromatic heterocycles. The minimum absolute atomic E-state index is 0.108. The Morgan fingerprint density at radius 1 is 1.40 bits per heavy atom. The van der Waals surface area contributed by atoms with Crippen LogP contribution >= 0.6 is 11.3 Å². The first-order valence-electron chi connectivity index (χ1n) is 5.93. The predicted octanol–water partition coefficient (Wildman–Crippen LogP) is 2.54. The second-order valence-electron chi connectivity index (χ2n) is 4.43. The van der Waals surface area contributed by atoms with Crippen LogP contribution in [-0.2, 0) is 11.2 Å². The van der Waals surface area contributed by atoms with Crippen molar-refractivity contribution >= 4 is 28.2 Å². The largest absolute Gasteiger partial charge is 0.478 e. The van der Waals surface area contributed by atoms with Gasteiger partial charge in [0.25, 0.3) is 0 Å². The van der Waals surface area contributed by atoms with Crippen LogP contribution in [0.2, 0.25) is 0 Å². The summed E-state index contributed by atoms with van der Waals surface area (Å²) >= 11 is 1.24. The van der Waals surface area contributed by atoms with Crippen LogP contribution in [0, 0.1) is 20.8 Å². The molecule has 106 valence electrons. The van der Waals surface area contributed by atoms with Gasteiger partial charge in [-0.25, -0.2) is 4.79 Å². The maximum absolute atomic E-state index is 12.0. The normalized spacial score (nSPS) is 10.6. The van der Waals surface area contributed by atoms with Gasteiger partial charge in [-0.15, -0.1) is 11.3 Å². The number of hydrogen-bond acceptors (Lipinski definition) is 5. The van der Waals surface area contributed by atoms with Crippen LogP contribution in [0.3, 0.4) is 0 Å². The molecule has 6 nitrogen and oxygen atoms in total. The standard InChI is InChI=1S/C13H14N2O4S/c1-6-4-10(13(17)18)12(20-6)14-11(16)5-9-7(2)15-19-8(9)3/h4H,5H2,1-3H3,(H,14,16)(H,17,18). The minimum atomic E-state index is -1.05. The van der Waals surface area contributed by atoms with Crippen LogP contribution in [0.25, 0.3) is 0 Å². The number of rotatable bonds is 4. The van der Waals surface area contributed by atoms with E-state index in [9.17, 15) is 9.59 Å². The van der Waals surface area contributed by atoms with Crippen molar-refractivity contribution in [1.29, 1.82) is 0 Å². The number of anilines is 1. The molecule has 0 aromatic carbocycles. The summed E-state index contributed by atoms with van der Waals surface area (Å²) in [6.45, 7) is 5.29. The molecule has 0 saturated carbocycles. The third-order valence-corrected chi connectivity index (χ3v) is 3.82. The highest BCUT2D eigenvalue weighted by Crippen LogP contribution is 2.27. The van der Waals surface area contributed by atoms with Gasteiger partial charge in [-0.1, -0.05) is 5.16 Å². The fourth-order valence-electron chi connectivity index (χ4n) is 1.85. The zero-order valence-corrected chi connectivity index (χ0v) is 12.1. The molecule has 2 rings (SSSR count). The number of aromatic nitrogens is 1. The highest BCUT2D eigenvalue weighted by Gasteiger charge is 2.18. The number of amides is 1. The summed E-state index contributed by atoms with van der Waals surface area (Å²) in [7, 11) is 0. The predicted molar refractivity (Wildman–Crippen MR) is 74.3 cm³/mol. The van der Waals surface area contributed by atoms with Crippen molar-refractivity contribution in [3.05, 3.63) is 33.5 Å². The van der Waals surface area contributed by atoms with E-state index >= 15 is 0 Å². The van der Waals surface area contributed by atoms with Crippen molar-refractivity contribution in [3.63, 3.8) is 0 Å². The van der Waals surface area contributed by atoms with Gasteiger partial charge in [0, 0.05) is 10.4 Å². The Labute approximate surface area is 119 Å². The van der Waals surface area contributed by atoms with Gasteiger partial charge < -0.3 is 14.9 Å². The van der Waals surface area contributed by atoms with Gasteiger partial charge in [-0.2, -0.15) is 0 Å². The molecule has 0 aliphatic rings. The highest BCUT2D eigenvalue weighted by atomic mass is 32.1. The monoisotopic (exact) mass is 294 g/mol. The van der Waals surface area contributed by atoms with Crippen LogP contribution in [0.5, 0.6) is 0 Å². The lowest BCUT2D eigenvalue weighted by atomic mass is 10.1. The molecule has 0 saturated heterocycles. The van der Waals surface area contributed by atoms with E-state index in [1.807, 2.05) is 0 Å². The molecule has 0 aliphatic heterocycles. The average molecular weight is 294 g/mol. The molecule has 2 heterocycles. The first-order chi connectivity index (χ1) is 9.38. The number of carbonyl (C=O) groups excluding carboxylic acids is 1. The van der Waals surface area contributed by atoms with Gasteiger partial charge in [-0.05, 0) is 26.8 Å². The lowest BCUT2D eigenvalue weighted by Crippen LogP contribution is -2.16. The second-order valence-corrected chi connectivity index (χ2v) is 5.69. The van der Waals surface area contributed by atoms with Gasteiger partial charge in [0.05, 0.1) is 17.7 Å². The number of hydrogen-bond donors (Lipinski definition) is 2. The Bertz CT molecular complexity index is 652. The van der Waals surface area contributed by atoms with E-state index in [1.54, 1.807) is 26.8 Å². The average Bonchev–Trinajstić information content (AvgIpc) is 2.86. The van der Waals surface area contributed by atoms with Crippen LogP contribution in [-0.4, -0.2) is 22.1 Å². The van der Waals surface area contributed by atoms with Gasteiger partial charge in [0.2, 0.25) is 5.91 Å². The summed E-state index contributed by atoms with van der Waals surface area (Å²) in [5, 5.41) is 15.8. The zero-order chi connectivity index (χ0) is 14.9. The number of carbonyl (C=O) groups is 2. The van der Waals surface area contributed by atoms with Crippen LogP contribution in [0.1, 0.15) is 32.3 Å². The molecule has 0 fully saturated rings. The molecule has 20 heavy (non-hydrogen) atoms. The van der Waals surface area contributed by atoms with Crippen molar-refractivity contribution in [2.45, 2.75) is 27.2 Å². The van der Waals surface area contributed by atoms with E-state index in [0.717, 1.165) is 10.4 Å². The van der Waals surface area contributed by atoms with Crippen LogP contribution < -0.4 is 5.32 Å². The van der Waals surface area contributed by atoms with E-state index in [0.29, 0.717) is 16.5 Å². The van der Waals surface area contributed by atoms with E-state index < -0.39 is 5.97 Å². The van der Waals surface area contributed by atoms with Crippen molar-refractivity contribution < 1.29 is 19.2 Å². The van der Waals surface area contributed by atoms with E-state index in [2.05, 4.69) is 10.5 Å². The fourth-order valence-corrected chi connectivity index (χ4v) is 2.77. The lowest BCUT2D eigenvalue weighted by molar-refractivity contribution is -0.115. The molecule has 0 aliphatic carbocycles. The van der Waals surface area contributed by atoms with Gasteiger partial charge in [0.1, 0.15) is 10.8 Å². The lowest BCUT2D eigenvalue weighted by Gasteiger charge is -2.04. The fraction of sp³-hybridized carbons (Fsp3) is 0.308. The quantitative estimate of drug-likeness (QED) is 0.904. The summed E-state index contributed by atoms with van der Waals surface area (Å²) in [5.41, 5.74) is 1.51. The number of aromatic carboxylic acids is 1. The van der Waals surface area contributed by atoms with Crippen molar-refractivity contribution in [2.75, 3.05) is 5.32 Å². The molecule has 0 atom stereocenters. The highest BCUT2D eigenvalue weighted by molar-refractivity contribution is 7.16. The van der Waals surface area contributed by atoms with E-state index in [1.165, 1.54) is 11.3 Å². The summed E-state index contributed by atoms with van der Waals surface area (Å²) in [5.74, 6) is -0.746. The molecule has 0 bridgehead atoms. The molecular formula is C13H14N2O4S. The number of nitrogens with one attached hydrogen (secondary N) is 1. The molecular weight excluding hydrogens is 280 g/mol. The second kappa shape index (κ2) is 5.46. The summed E-state index contributed by atoms with van der Waals surface area (Å²) in [4.78, 5) is 23.9. The van der Waals surface area contributed by atoms with E-state index in [4.69, 9.17) is 9.63 Å². The third-order valence-electron chi connectivity index (χ3n) is 2.86. The van der Waals surface area contributed by atoms with E-state index in [-0.39, 0.29) is 17.9 Å². The zero-order valence-electron chi connectivity index (χ0n) is 11.3. The number of aryl methyl sites for hydroxylation is 3. The molecule has 0 spiro atoms. The molecule has 2 N–H and O–H groups in total.